The molecule has 82 valence electrons. The molecule has 15 heavy (non-hydrogen) atoms. The van der Waals surface area contributed by atoms with Crippen LogP contribution in [0.15, 0.2) is 11.6 Å². The zero-order valence-corrected chi connectivity index (χ0v) is 9.80. The topological polar surface area (TPSA) is 24.9 Å². The second-order valence-electron chi connectivity index (χ2n) is 4.83. The molecule has 0 aromatic carbocycles. The third-order valence-corrected chi connectivity index (χ3v) is 4.87. The average Bonchev–Trinajstić information content (AvgIpc) is 2.93. The standard InChI is InChI=1S/C12H18N2S/c1-2-9-8-14-11(10(9)3-1)4-5-12-13-6-7-15-12/h6-7,9-11,14H,1-5,8H2. The Kier molecular flexibility index (Phi) is 2.76. The number of hydrogen-bond donors (Lipinski definition) is 1. The van der Waals surface area contributed by atoms with Gasteiger partial charge < -0.3 is 5.32 Å². The molecule has 3 rings (SSSR count). The summed E-state index contributed by atoms with van der Waals surface area (Å²) in [5, 5.41) is 7.08. The third kappa shape index (κ3) is 1.95. The van der Waals surface area contributed by atoms with Crippen molar-refractivity contribution >= 4 is 11.3 Å². The molecule has 3 heteroatoms. The van der Waals surface area contributed by atoms with Crippen molar-refractivity contribution in [2.45, 2.75) is 38.1 Å². The van der Waals surface area contributed by atoms with Crippen molar-refractivity contribution in [3.05, 3.63) is 16.6 Å². The van der Waals surface area contributed by atoms with Crippen molar-refractivity contribution < 1.29 is 0 Å². The summed E-state index contributed by atoms with van der Waals surface area (Å²) < 4.78 is 0. The van der Waals surface area contributed by atoms with Gasteiger partial charge in [0.15, 0.2) is 0 Å². The highest BCUT2D eigenvalue weighted by Crippen LogP contribution is 2.38. The number of nitrogens with zero attached hydrogens (tertiary/aromatic N) is 1. The lowest BCUT2D eigenvalue weighted by Crippen LogP contribution is -2.27. The van der Waals surface area contributed by atoms with Crippen molar-refractivity contribution in [2.75, 3.05) is 6.54 Å². The van der Waals surface area contributed by atoms with Gasteiger partial charge in [-0.25, -0.2) is 4.98 Å². The molecule has 3 atom stereocenters. The molecular formula is C12H18N2S. The molecule has 0 amide bonds. The maximum atomic E-state index is 4.35. The molecule has 0 bridgehead atoms. The fourth-order valence-electron chi connectivity index (χ4n) is 3.27. The van der Waals surface area contributed by atoms with E-state index in [2.05, 4.69) is 15.7 Å². The molecule has 0 radical (unpaired) electrons. The predicted octanol–water partition coefficient (Wildman–Crippen LogP) is 2.46. The third-order valence-electron chi connectivity index (χ3n) is 4.03. The van der Waals surface area contributed by atoms with Gasteiger partial charge in [0, 0.05) is 24.0 Å². The predicted molar refractivity (Wildman–Crippen MR) is 63.1 cm³/mol. The summed E-state index contributed by atoms with van der Waals surface area (Å²) in [4.78, 5) is 4.35. The molecule has 1 saturated heterocycles. The monoisotopic (exact) mass is 222 g/mol. The lowest BCUT2D eigenvalue weighted by molar-refractivity contribution is 0.393. The van der Waals surface area contributed by atoms with E-state index in [4.69, 9.17) is 0 Å². The minimum atomic E-state index is 0.779. The minimum Gasteiger partial charge on any atom is -0.313 e. The first kappa shape index (κ1) is 9.79. The summed E-state index contributed by atoms with van der Waals surface area (Å²) in [6.07, 6.45) is 8.75. The fourth-order valence-corrected chi connectivity index (χ4v) is 3.91. The van der Waals surface area contributed by atoms with E-state index >= 15 is 0 Å². The lowest BCUT2D eigenvalue weighted by Gasteiger charge is -2.17. The fraction of sp³-hybridized carbons (Fsp3) is 0.750. The van der Waals surface area contributed by atoms with E-state index in [0.29, 0.717) is 0 Å². The molecule has 1 aliphatic heterocycles. The van der Waals surface area contributed by atoms with E-state index in [1.807, 2.05) is 6.20 Å². The number of thiazole rings is 1. The molecule has 1 aromatic rings. The summed E-state index contributed by atoms with van der Waals surface area (Å²) in [5.41, 5.74) is 0. The molecule has 2 heterocycles. The van der Waals surface area contributed by atoms with Crippen LogP contribution in [0.1, 0.15) is 30.7 Å². The highest BCUT2D eigenvalue weighted by atomic mass is 32.1. The average molecular weight is 222 g/mol. The molecule has 1 N–H and O–H groups in total. The van der Waals surface area contributed by atoms with Crippen LogP contribution in [0.2, 0.25) is 0 Å². The number of aromatic nitrogens is 1. The highest BCUT2D eigenvalue weighted by molar-refractivity contribution is 7.09. The maximum Gasteiger partial charge on any atom is 0.0925 e. The van der Waals surface area contributed by atoms with Crippen molar-refractivity contribution in [1.82, 2.24) is 10.3 Å². The Balaban J connectivity index is 1.55. The van der Waals surface area contributed by atoms with Gasteiger partial charge in [-0.3, -0.25) is 0 Å². The highest BCUT2D eigenvalue weighted by Gasteiger charge is 2.38. The summed E-state index contributed by atoms with van der Waals surface area (Å²) in [6.45, 7) is 1.27. The Labute approximate surface area is 95.1 Å². The van der Waals surface area contributed by atoms with Crippen molar-refractivity contribution in [3.63, 3.8) is 0 Å². The Morgan fingerprint density at radius 2 is 2.47 bits per heavy atom. The molecule has 2 nitrogen and oxygen atoms in total. The molecular weight excluding hydrogens is 204 g/mol. The Morgan fingerprint density at radius 3 is 3.33 bits per heavy atom. The van der Waals surface area contributed by atoms with E-state index in [-0.39, 0.29) is 0 Å². The summed E-state index contributed by atoms with van der Waals surface area (Å²) >= 11 is 1.79. The number of nitrogens with one attached hydrogen (secondary N) is 1. The zero-order valence-electron chi connectivity index (χ0n) is 8.98. The normalized spacial score (nSPS) is 34.5. The first-order valence-electron chi connectivity index (χ1n) is 6.05. The van der Waals surface area contributed by atoms with Crippen LogP contribution in [0.3, 0.4) is 0 Å². The van der Waals surface area contributed by atoms with Crippen molar-refractivity contribution in [2.24, 2.45) is 11.8 Å². The number of aryl methyl sites for hydroxylation is 1. The molecule has 2 fully saturated rings. The van der Waals surface area contributed by atoms with Crippen LogP contribution in [0, 0.1) is 11.8 Å². The van der Waals surface area contributed by atoms with Gasteiger partial charge in [-0.1, -0.05) is 6.42 Å². The quantitative estimate of drug-likeness (QED) is 0.850. The second kappa shape index (κ2) is 4.22. The van der Waals surface area contributed by atoms with E-state index in [0.717, 1.165) is 17.9 Å². The van der Waals surface area contributed by atoms with E-state index in [1.165, 1.54) is 43.7 Å². The van der Waals surface area contributed by atoms with Gasteiger partial charge >= 0.3 is 0 Å². The van der Waals surface area contributed by atoms with Crippen molar-refractivity contribution in [3.8, 4) is 0 Å². The first-order valence-corrected chi connectivity index (χ1v) is 6.93. The van der Waals surface area contributed by atoms with E-state index in [1.54, 1.807) is 11.3 Å². The van der Waals surface area contributed by atoms with Gasteiger partial charge in [0.1, 0.15) is 0 Å². The molecule has 1 saturated carbocycles. The number of rotatable bonds is 3. The molecule has 1 aliphatic carbocycles. The summed E-state index contributed by atoms with van der Waals surface area (Å²) in [7, 11) is 0. The lowest BCUT2D eigenvalue weighted by atomic mass is 9.91. The number of hydrogen-bond acceptors (Lipinski definition) is 3. The van der Waals surface area contributed by atoms with Gasteiger partial charge in [-0.15, -0.1) is 11.3 Å². The van der Waals surface area contributed by atoms with Crippen molar-refractivity contribution in [1.29, 1.82) is 0 Å². The van der Waals surface area contributed by atoms with Gasteiger partial charge in [0.05, 0.1) is 5.01 Å². The smallest absolute Gasteiger partial charge is 0.0925 e. The Morgan fingerprint density at radius 1 is 1.47 bits per heavy atom. The first-order chi connectivity index (χ1) is 7.43. The van der Waals surface area contributed by atoms with Gasteiger partial charge in [-0.2, -0.15) is 0 Å². The van der Waals surface area contributed by atoms with Crippen LogP contribution in [0.4, 0.5) is 0 Å². The molecule has 0 spiro atoms. The van der Waals surface area contributed by atoms with Crippen LogP contribution < -0.4 is 5.32 Å². The largest absolute Gasteiger partial charge is 0.313 e. The zero-order chi connectivity index (χ0) is 10.1. The van der Waals surface area contributed by atoms with Gasteiger partial charge in [0.25, 0.3) is 0 Å². The second-order valence-corrected chi connectivity index (χ2v) is 5.81. The van der Waals surface area contributed by atoms with E-state index in [9.17, 15) is 0 Å². The van der Waals surface area contributed by atoms with Gasteiger partial charge in [0.2, 0.25) is 0 Å². The van der Waals surface area contributed by atoms with Crippen LogP contribution in [-0.4, -0.2) is 17.6 Å². The Bertz CT molecular complexity index is 309. The number of fused-ring (bicyclic) bond motifs is 1. The summed E-state index contributed by atoms with van der Waals surface area (Å²) in [6, 6.07) is 0.779. The van der Waals surface area contributed by atoms with Crippen LogP contribution >= 0.6 is 11.3 Å². The maximum absolute atomic E-state index is 4.35. The molecule has 1 aromatic heterocycles. The summed E-state index contributed by atoms with van der Waals surface area (Å²) in [5.74, 6) is 1.97. The van der Waals surface area contributed by atoms with Gasteiger partial charge in [-0.05, 0) is 37.6 Å². The van der Waals surface area contributed by atoms with Crippen LogP contribution in [-0.2, 0) is 6.42 Å². The van der Waals surface area contributed by atoms with Crippen LogP contribution in [0.5, 0.6) is 0 Å². The molecule has 2 aliphatic rings. The SMILES string of the molecule is c1csc(CCC2NCC3CCCC32)n1. The van der Waals surface area contributed by atoms with E-state index < -0.39 is 0 Å². The minimum absolute atomic E-state index is 0.779. The van der Waals surface area contributed by atoms with Crippen LogP contribution in [0.25, 0.3) is 0 Å². The Hall–Kier alpha value is -0.410. The molecule has 3 unspecified atom stereocenters.